The van der Waals surface area contributed by atoms with E-state index in [0.717, 1.165) is 11.2 Å². The van der Waals surface area contributed by atoms with Gasteiger partial charge in [-0.25, -0.2) is 0 Å². The Labute approximate surface area is 149 Å². The Morgan fingerprint density at radius 2 is 1.52 bits per heavy atom. The number of rotatable bonds is 4. The second-order valence-corrected chi connectivity index (χ2v) is 7.27. The highest BCUT2D eigenvalue weighted by Crippen LogP contribution is 2.36. The lowest BCUT2D eigenvalue weighted by Gasteiger charge is -2.32. The molecule has 0 aliphatic carbocycles. The van der Waals surface area contributed by atoms with Gasteiger partial charge in [-0.15, -0.1) is 0 Å². The molecule has 130 valence electrons. The Balaban J connectivity index is 1.85. The zero-order valence-electron chi connectivity index (χ0n) is 15.3. The lowest BCUT2D eigenvalue weighted by Crippen LogP contribution is -2.41. The van der Waals surface area contributed by atoms with Crippen LogP contribution in [0.4, 0.5) is 0 Å². The van der Waals surface area contributed by atoms with Gasteiger partial charge in [0.05, 0.1) is 18.3 Å². The number of benzene rings is 2. The summed E-state index contributed by atoms with van der Waals surface area (Å²) < 4.78 is 17.3. The predicted octanol–water partition coefficient (Wildman–Crippen LogP) is 3.23. The van der Waals surface area contributed by atoms with Gasteiger partial charge in [0.1, 0.15) is 5.75 Å². The van der Waals surface area contributed by atoms with Crippen LogP contribution in [-0.2, 0) is 9.31 Å². The highest BCUT2D eigenvalue weighted by atomic mass is 16.7. The smallest absolute Gasteiger partial charge is 0.494 e. The third-order valence-corrected chi connectivity index (χ3v) is 5.03. The molecular formula is C20H23BO4. The molecule has 1 aliphatic heterocycles. The maximum Gasteiger partial charge on any atom is 0.494 e. The molecule has 1 aliphatic rings. The van der Waals surface area contributed by atoms with Crippen LogP contribution in [0.3, 0.4) is 0 Å². The summed E-state index contributed by atoms with van der Waals surface area (Å²) in [6.45, 7) is 8.05. The zero-order valence-corrected chi connectivity index (χ0v) is 15.3. The molecule has 0 N–H and O–H groups in total. The highest BCUT2D eigenvalue weighted by Gasteiger charge is 2.51. The van der Waals surface area contributed by atoms with Gasteiger partial charge in [0.15, 0.2) is 5.78 Å². The monoisotopic (exact) mass is 338 g/mol. The molecule has 5 heteroatoms. The zero-order chi connectivity index (χ0) is 18.2. The lowest BCUT2D eigenvalue weighted by molar-refractivity contribution is 0.00578. The lowest BCUT2D eigenvalue weighted by atomic mass is 9.78. The number of carbonyl (C=O) groups excluding carboxylic acids is 1. The van der Waals surface area contributed by atoms with Crippen molar-refractivity contribution in [1.82, 2.24) is 0 Å². The average Bonchev–Trinajstić information content (AvgIpc) is 2.82. The first kappa shape index (κ1) is 17.7. The van der Waals surface area contributed by atoms with Crippen molar-refractivity contribution >= 4 is 18.4 Å². The fraction of sp³-hybridized carbons (Fsp3) is 0.350. The van der Waals surface area contributed by atoms with Crippen LogP contribution < -0.4 is 10.2 Å². The van der Waals surface area contributed by atoms with Crippen LogP contribution in [0, 0.1) is 0 Å². The third kappa shape index (κ3) is 3.35. The maximum absolute atomic E-state index is 12.7. The molecule has 3 rings (SSSR count). The molecule has 25 heavy (non-hydrogen) atoms. The molecule has 0 bridgehead atoms. The van der Waals surface area contributed by atoms with Crippen molar-refractivity contribution in [3.63, 3.8) is 0 Å². The van der Waals surface area contributed by atoms with Crippen LogP contribution >= 0.6 is 0 Å². The van der Waals surface area contributed by atoms with E-state index >= 15 is 0 Å². The molecule has 0 spiro atoms. The molecule has 2 aromatic rings. The number of hydrogen-bond donors (Lipinski definition) is 0. The fourth-order valence-corrected chi connectivity index (χ4v) is 2.71. The first-order chi connectivity index (χ1) is 11.7. The number of ketones is 1. The number of ether oxygens (including phenoxy) is 1. The summed E-state index contributed by atoms with van der Waals surface area (Å²) >= 11 is 0. The molecule has 0 radical (unpaired) electrons. The van der Waals surface area contributed by atoms with E-state index in [1.165, 1.54) is 0 Å². The van der Waals surface area contributed by atoms with Gasteiger partial charge < -0.3 is 14.0 Å². The molecular weight excluding hydrogens is 315 g/mol. The van der Waals surface area contributed by atoms with E-state index in [-0.39, 0.29) is 5.78 Å². The van der Waals surface area contributed by atoms with Gasteiger partial charge in [0, 0.05) is 11.1 Å². The average molecular weight is 338 g/mol. The number of carbonyl (C=O) groups is 1. The van der Waals surface area contributed by atoms with Gasteiger partial charge in [-0.05, 0) is 57.4 Å². The molecule has 0 atom stereocenters. The van der Waals surface area contributed by atoms with Gasteiger partial charge in [-0.2, -0.15) is 0 Å². The summed E-state index contributed by atoms with van der Waals surface area (Å²) in [6, 6.07) is 14.5. The molecule has 1 heterocycles. The van der Waals surface area contributed by atoms with Crippen LogP contribution in [0.1, 0.15) is 43.6 Å². The molecule has 0 saturated carbocycles. The van der Waals surface area contributed by atoms with E-state index < -0.39 is 18.3 Å². The summed E-state index contributed by atoms with van der Waals surface area (Å²) in [5.41, 5.74) is 1.25. The number of hydrogen-bond acceptors (Lipinski definition) is 4. The van der Waals surface area contributed by atoms with Crippen LogP contribution in [-0.4, -0.2) is 31.2 Å². The molecule has 0 amide bonds. The minimum Gasteiger partial charge on any atom is -0.497 e. The molecule has 1 saturated heterocycles. The Bertz CT molecular complexity index is 765. The summed E-state index contributed by atoms with van der Waals surface area (Å²) in [5.74, 6) is 0.684. The minimum atomic E-state index is -0.478. The largest absolute Gasteiger partial charge is 0.497 e. The fourth-order valence-electron chi connectivity index (χ4n) is 2.71. The van der Waals surface area contributed by atoms with Gasteiger partial charge in [-0.1, -0.05) is 24.3 Å². The highest BCUT2D eigenvalue weighted by molar-refractivity contribution is 6.62. The molecule has 1 fully saturated rings. The van der Waals surface area contributed by atoms with Gasteiger partial charge in [0.2, 0.25) is 0 Å². The summed E-state index contributed by atoms with van der Waals surface area (Å²) in [4.78, 5) is 12.7. The van der Waals surface area contributed by atoms with E-state index in [2.05, 4.69) is 0 Å². The molecule has 0 aromatic heterocycles. The van der Waals surface area contributed by atoms with Crippen molar-refractivity contribution in [2.24, 2.45) is 0 Å². The Morgan fingerprint density at radius 3 is 2.08 bits per heavy atom. The van der Waals surface area contributed by atoms with Crippen molar-refractivity contribution < 1.29 is 18.8 Å². The minimum absolute atomic E-state index is 0.0407. The second kappa shape index (κ2) is 6.32. The first-order valence-corrected chi connectivity index (χ1v) is 8.38. The van der Waals surface area contributed by atoms with Crippen molar-refractivity contribution in [2.75, 3.05) is 7.11 Å². The Kier molecular flexibility index (Phi) is 4.48. The van der Waals surface area contributed by atoms with Crippen LogP contribution in [0.2, 0.25) is 0 Å². The van der Waals surface area contributed by atoms with Gasteiger partial charge in [0.25, 0.3) is 0 Å². The van der Waals surface area contributed by atoms with E-state index in [1.807, 2.05) is 45.9 Å². The van der Waals surface area contributed by atoms with Crippen LogP contribution in [0.15, 0.2) is 48.5 Å². The van der Waals surface area contributed by atoms with Crippen LogP contribution in [0.25, 0.3) is 0 Å². The molecule has 0 unspecified atom stereocenters. The van der Waals surface area contributed by atoms with E-state index in [9.17, 15) is 4.79 Å². The van der Waals surface area contributed by atoms with Crippen molar-refractivity contribution in [2.45, 2.75) is 38.9 Å². The Hall–Kier alpha value is -2.11. The van der Waals surface area contributed by atoms with Crippen molar-refractivity contribution in [3.05, 3.63) is 59.7 Å². The maximum atomic E-state index is 12.7. The van der Waals surface area contributed by atoms with Crippen molar-refractivity contribution in [3.8, 4) is 5.75 Å². The van der Waals surface area contributed by atoms with E-state index in [1.54, 1.807) is 37.4 Å². The SMILES string of the molecule is COc1ccc(C(=O)c2cccc(B3OC(C)(C)C(C)(C)O3)c2)cc1. The van der Waals surface area contributed by atoms with Gasteiger partial charge >= 0.3 is 7.12 Å². The van der Waals surface area contributed by atoms with Gasteiger partial charge in [-0.3, -0.25) is 4.79 Å². The predicted molar refractivity (Wildman–Crippen MR) is 98.6 cm³/mol. The Morgan fingerprint density at radius 1 is 0.920 bits per heavy atom. The molecule has 4 nitrogen and oxygen atoms in total. The van der Waals surface area contributed by atoms with Crippen molar-refractivity contribution in [1.29, 1.82) is 0 Å². The number of methoxy groups -OCH3 is 1. The quantitative estimate of drug-likeness (QED) is 0.634. The summed E-state index contributed by atoms with van der Waals surface area (Å²) in [7, 11) is 1.12. The summed E-state index contributed by atoms with van der Waals surface area (Å²) in [5, 5.41) is 0. The standard InChI is InChI=1S/C20H23BO4/c1-19(2)20(3,4)25-21(24-19)16-8-6-7-15(13-16)18(22)14-9-11-17(23-5)12-10-14/h6-13H,1-5H3. The van der Waals surface area contributed by atoms with Crippen LogP contribution in [0.5, 0.6) is 5.75 Å². The normalized spacial score (nSPS) is 18.2. The topological polar surface area (TPSA) is 44.8 Å². The molecule has 2 aromatic carbocycles. The third-order valence-electron chi connectivity index (χ3n) is 5.03. The summed E-state index contributed by atoms with van der Waals surface area (Å²) in [6.07, 6.45) is 0. The van der Waals surface area contributed by atoms with E-state index in [0.29, 0.717) is 11.1 Å². The second-order valence-electron chi connectivity index (χ2n) is 7.27. The first-order valence-electron chi connectivity index (χ1n) is 8.38. The van der Waals surface area contributed by atoms with E-state index in [4.69, 9.17) is 14.0 Å².